The number of hydroxylamine groups is 1. The van der Waals surface area contributed by atoms with Gasteiger partial charge in [0, 0.05) is 17.3 Å². The van der Waals surface area contributed by atoms with Gasteiger partial charge in [0.05, 0.1) is 11.4 Å². The number of aromatic amines is 1. The van der Waals surface area contributed by atoms with Crippen LogP contribution in [0.5, 0.6) is 0 Å². The minimum atomic E-state index is -5.35. The van der Waals surface area contributed by atoms with E-state index in [9.17, 15) is 26.4 Å². The summed E-state index contributed by atoms with van der Waals surface area (Å²) in [6.07, 6.45) is -3.75. The van der Waals surface area contributed by atoms with Gasteiger partial charge in [0.1, 0.15) is 5.65 Å². The van der Waals surface area contributed by atoms with Crippen LogP contribution in [0.1, 0.15) is 12.1 Å². The first kappa shape index (κ1) is 22.7. The minimum absolute atomic E-state index is 0.00963. The van der Waals surface area contributed by atoms with Crippen LogP contribution in [0.15, 0.2) is 47.5 Å². The van der Waals surface area contributed by atoms with Crippen molar-refractivity contribution in [2.75, 3.05) is 13.1 Å². The van der Waals surface area contributed by atoms with Crippen molar-refractivity contribution in [1.29, 1.82) is 0 Å². The Morgan fingerprint density at radius 2 is 1.90 bits per heavy atom. The summed E-state index contributed by atoms with van der Waals surface area (Å²) in [5, 5.41) is 0.833. The molecule has 12 heteroatoms. The molecule has 0 saturated heterocycles. The van der Waals surface area contributed by atoms with Crippen molar-refractivity contribution in [1.82, 2.24) is 14.4 Å². The van der Waals surface area contributed by atoms with Crippen molar-refractivity contribution in [3.8, 4) is 11.1 Å². The van der Waals surface area contributed by atoms with Crippen molar-refractivity contribution in [3.63, 3.8) is 0 Å². The fraction of sp³-hybridized carbons (Fsp3) is 0.263. The van der Waals surface area contributed by atoms with E-state index >= 15 is 0 Å². The maximum atomic E-state index is 12.8. The van der Waals surface area contributed by atoms with Crippen LogP contribution in [0.25, 0.3) is 22.2 Å². The molecule has 0 atom stereocenters. The Kier molecular flexibility index (Phi) is 6.34. The van der Waals surface area contributed by atoms with Crippen LogP contribution in [0.2, 0.25) is 0 Å². The Hall–Kier alpha value is -2.96. The summed E-state index contributed by atoms with van der Waals surface area (Å²) in [6, 6.07) is 9.14. The van der Waals surface area contributed by atoms with Gasteiger partial charge in [-0.25, -0.2) is 18.2 Å². The summed E-state index contributed by atoms with van der Waals surface area (Å²) in [5.74, 6) is -2.63. The van der Waals surface area contributed by atoms with Crippen molar-refractivity contribution in [2.24, 2.45) is 5.73 Å². The zero-order chi connectivity index (χ0) is 22.8. The number of H-pyrrole nitrogens is 1. The van der Waals surface area contributed by atoms with E-state index in [0.717, 1.165) is 16.6 Å². The molecule has 0 aliphatic heterocycles. The van der Waals surface area contributed by atoms with Gasteiger partial charge in [0.15, 0.2) is 0 Å². The lowest BCUT2D eigenvalue weighted by molar-refractivity contribution is -0.222. The van der Waals surface area contributed by atoms with Gasteiger partial charge in [-0.1, -0.05) is 12.1 Å². The number of aryl methyl sites for hydroxylation is 1. The highest BCUT2D eigenvalue weighted by Crippen LogP contribution is 2.29. The predicted molar refractivity (Wildman–Crippen MR) is 106 cm³/mol. The highest BCUT2D eigenvalue weighted by atomic mass is 32.2. The van der Waals surface area contributed by atoms with E-state index < -0.39 is 28.7 Å². The number of carbonyl (C=O) groups is 1. The topological polar surface area (TPSA) is 118 Å². The first-order valence-corrected chi connectivity index (χ1v) is 10.5. The first-order chi connectivity index (χ1) is 14.5. The zero-order valence-electron chi connectivity index (χ0n) is 16.3. The van der Waals surface area contributed by atoms with E-state index in [0.29, 0.717) is 11.2 Å². The molecule has 0 spiro atoms. The average molecular weight is 456 g/mol. The lowest BCUT2D eigenvalue weighted by Gasteiger charge is -2.21. The van der Waals surface area contributed by atoms with E-state index in [1.54, 1.807) is 12.3 Å². The third kappa shape index (κ3) is 4.86. The first-order valence-electron chi connectivity index (χ1n) is 9.10. The van der Waals surface area contributed by atoms with E-state index in [1.165, 1.54) is 24.3 Å². The number of nitrogens with two attached hydrogens (primary N) is 1. The summed E-state index contributed by atoms with van der Waals surface area (Å²) in [7, 11) is -4.55. The fourth-order valence-corrected chi connectivity index (χ4v) is 4.16. The second-order valence-corrected chi connectivity index (χ2v) is 8.48. The molecular formula is C19H19F3N4O4S. The van der Waals surface area contributed by atoms with Crippen molar-refractivity contribution >= 4 is 27.0 Å². The predicted octanol–water partition coefficient (Wildman–Crippen LogP) is 2.90. The molecule has 2 aromatic heterocycles. The number of halogens is 3. The highest BCUT2D eigenvalue weighted by Gasteiger charge is 2.44. The normalized spacial score (nSPS) is 12.5. The number of hydrogen-bond acceptors (Lipinski definition) is 6. The van der Waals surface area contributed by atoms with Crippen molar-refractivity contribution < 1.29 is 31.2 Å². The van der Waals surface area contributed by atoms with Gasteiger partial charge in [-0.2, -0.15) is 13.2 Å². The number of alkyl halides is 3. The van der Waals surface area contributed by atoms with Gasteiger partial charge < -0.3 is 15.6 Å². The van der Waals surface area contributed by atoms with Gasteiger partial charge in [0.2, 0.25) is 0 Å². The molecule has 3 N–H and O–H groups in total. The zero-order valence-corrected chi connectivity index (χ0v) is 17.1. The summed E-state index contributed by atoms with van der Waals surface area (Å²) < 4.78 is 63.3. The monoisotopic (exact) mass is 456 g/mol. The molecule has 0 aliphatic carbocycles. The molecule has 3 rings (SSSR count). The number of nitrogens with zero attached hydrogens (tertiary/aromatic N) is 2. The molecule has 0 radical (unpaired) electrons. The number of nitrogens with one attached hydrogen (secondary N) is 1. The second-order valence-electron chi connectivity index (χ2n) is 6.65. The summed E-state index contributed by atoms with van der Waals surface area (Å²) in [4.78, 5) is 22.3. The van der Waals surface area contributed by atoms with Gasteiger partial charge in [-0.05, 0) is 59.8 Å². The summed E-state index contributed by atoms with van der Waals surface area (Å²) in [5.41, 5.74) is 8.35. The number of carbonyl (C=O) groups excluding carboxylic acids is 1. The number of rotatable bonds is 7. The molecule has 0 unspecified atom stereocenters. The lowest BCUT2D eigenvalue weighted by atomic mass is 10.0. The molecule has 2 heterocycles. The number of hydrogen-bond donors (Lipinski definition) is 2. The van der Waals surface area contributed by atoms with Gasteiger partial charge in [-0.3, -0.25) is 0 Å². The standard InChI is InChI=1S/C19H19F3N4O4S/c1-12-11-16-15(7-9-24-17(16)25-12)13-3-5-14(6-4-13)31(28,29)26(10-2-8-23)30-18(27)19(20,21)22/h3-7,9,11H,2,8,10,23H2,1H3,(H,24,25). The van der Waals surface area contributed by atoms with Gasteiger partial charge >= 0.3 is 12.1 Å². The van der Waals surface area contributed by atoms with E-state index in [2.05, 4.69) is 14.8 Å². The smallest absolute Gasteiger partial charge is 0.345 e. The third-order valence-corrected chi connectivity index (χ3v) is 6.02. The molecule has 0 bridgehead atoms. The highest BCUT2D eigenvalue weighted by molar-refractivity contribution is 7.89. The second kappa shape index (κ2) is 8.65. The Labute approximate surface area is 175 Å². The van der Waals surface area contributed by atoms with Crippen LogP contribution in [-0.4, -0.2) is 48.1 Å². The summed E-state index contributed by atoms with van der Waals surface area (Å²) >= 11 is 0. The number of benzene rings is 1. The molecule has 8 nitrogen and oxygen atoms in total. The average Bonchev–Trinajstić information content (AvgIpc) is 3.10. The Bertz CT molecular complexity index is 1190. The SMILES string of the molecule is Cc1cc2c(-c3ccc(S(=O)(=O)N(CCCN)OC(=O)C(F)(F)F)cc3)ccnc2[nH]1. The summed E-state index contributed by atoms with van der Waals surface area (Å²) in [6.45, 7) is 1.35. The molecule has 166 valence electrons. The fourth-order valence-electron chi connectivity index (χ4n) is 2.91. The van der Waals surface area contributed by atoms with Crippen LogP contribution in [-0.2, 0) is 19.7 Å². The molecule has 0 aliphatic rings. The quantitative estimate of drug-likeness (QED) is 0.528. The van der Waals surface area contributed by atoms with Crippen molar-refractivity contribution in [3.05, 3.63) is 48.3 Å². The molecule has 0 amide bonds. The van der Waals surface area contributed by atoms with Crippen LogP contribution in [0.3, 0.4) is 0 Å². The Morgan fingerprint density at radius 3 is 2.52 bits per heavy atom. The number of fused-ring (bicyclic) bond motifs is 1. The minimum Gasteiger partial charge on any atom is -0.345 e. The largest absolute Gasteiger partial charge is 0.492 e. The molecule has 0 saturated carbocycles. The third-order valence-electron chi connectivity index (χ3n) is 4.36. The van der Waals surface area contributed by atoms with E-state index in [4.69, 9.17) is 5.73 Å². The van der Waals surface area contributed by atoms with Crippen LogP contribution >= 0.6 is 0 Å². The van der Waals surface area contributed by atoms with Crippen LogP contribution in [0.4, 0.5) is 13.2 Å². The van der Waals surface area contributed by atoms with E-state index in [-0.39, 0.29) is 22.3 Å². The lowest BCUT2D eigenvalue weighted by Crippen LogP contribution is -2.39. The molecular weight excluding hydrogens is 437 g/mol. The van der Waals surface area contributed by atoms with Gasteiger partial charge in [0.25, 0.3) is 10.0 Å². The number of sulfonamides is 1. The molecule has 1 aromatic carbocycles. The number of pyridine rings is 1. The van der Waals surface area contributed by atoms with Crippen LogP contribution in [0, 0.1) is 6.92 Å². The van der Waals surface area contributed by atoms with Gasteiger partial charge in [-0.15, -0.1) is 0 Å². The Morgan fingerprint density at radius 1 is 1.23 bits per heavy atom. The van der Waals surface area contributed by atoms with Crippen LogP contribution < -0.4 is 5.73 Å². The number of aromatic nitrogens is 2. The molecule has 31 heavy (non-hydrogen) atoms. The van der Waals surface area contributed by atoms with E-state index in [1.807, 2.05) is 13.0 Å². The van der Waals surface area contributed by atoms with Crippen molar-refractivity contribution in [2.45, 2.75) is 24.4 Å². The Balaban J connectivity index is 1.93. The maximum absolute atomic E-state index is 12.8. The molecule has 0 fully saturated rings. The maximum Gasteiger partial charge on any atom is 0.492 e. The molecule has 3 aromatic rings.